The number of carbonyl (C=O) groups is 1. The zero-order valence-corrected chi connectivity index (χ0v) is 5.49. The number of carbonyl (C=O) groups excluding carboxylic acids is 1. The fourth-order valence-electron chi connectivity index (χ4n) is 0.937. The van der Waals surface area contributed by atoms with E-state index in [1.54, 1.807) is 11.3 Å². The van der Waals surface area contributed by atoms with E-state index in [9.17, 15) is 4.79 Å². The standard InChI is InChI=1S/C6H5NOS/c8-6-1-4-2-9-3-5(4)7-6/h2-3H,1H2,(H,7,8). The summed E-state index contributed by atoms with van der Waals surface area (Å²) < 4.78 is 0. The molecule has 0 aliphatic carbocycles. The van der Waals surface area contributed by atoms with Crippen LogP contribution < -0.4 is 5.32 Å². The van der Waals surface area contributed by atoms with Gasteiger partial charge >= 0.3 is 0 Å². The predicted molar refractivity (Wildman–Crippen MR) is 36.7 cm³/mol. The molecule has 0 saturated heterocycles. The molecular formula is C6H5NOS. The second kappa shape index (κ2) is 1.57. The molecule has 0 saturated carbocycles. The van der Waals surface area contributed by atoms with Gasteiger partial charge in [-0.2, -0.15) is 0 Å². The molecule has 1 aliphatic heterocycles. The molecule has 2 heterocycles. The zero-order valence-electron chi connectivity index (χ0n) is 4.68. The molecule has 0 unspecified atom stereocenters. The molecule has 2 nitrogen and oxygen atoms in total. The topological polar surface area (TPSA) is 29.1 Å². The molecule has 0 radical (unpaired) electrons. The van der Waals surface area contributed by atoms with Crippen molar-refractivity contribution >= 4 is 22.9 Å². The van der Waals surface area contributed by atoms with Crippen molar-refractivity contribution in [2.24, 2.45) is 0 Å². The molecule has 0 spiro atoms. The lowest BCUT2D eigenvalue weighted by Crippen LogP contribution is -2.03. The lowest BCUT2D eigenvalue weighted by atomic mass is 10.3. The average Bonchev–Trinajstić information content (AvgIpc) is 2.22. The molecule has 46 valence electrons. The van der Waals surface area contributed by atoms with Crippen LogP contribution in [0.3, 0.4) is 0 Å². The first kappa shape index (κ1) is 4.99. The van der Waals surface area contributed by atoms with Gasteiger partial charge in [0.2, 0.25) is 5.91 Å². The molecule has 1 aromatic rings. The molecule has 0 atom stereocenters. The van der Waals surface area contributed by atoms with Gasteiger partial charge in [0.25, 0.3) is 0 Å². The van der Waals surface area contributed by atoms with Gasteiger partial charge in [0.15, 0.2) is 0 Å². The number of fused-ring (bicyclic) bond motifs is 1. The Morgan fingerprint density at radius 3 is 3.22 bits per heavy atom. The number of amides is 1. The van der Waals surface area contributed by atoms with Crippen LogP contribution in [0.5, 0.6) is 0 Å². The zero-order chi connectivity index (χ0) is 6.27. The summed E-state index contributed by atoms with van der Waals surface area (Å²) in [4.78, 5) is 10.7. The summed E-state index contributed by atoms with van der Waals surface area (Å²) in [5.74, 6) is 0.118. The van der Waals surface area contributed by atoms with E-state index in [-0.39, 0.29) is 5.91 Å². The van der Waals surface area contributed by atoms with Crippen LogP contribution in [0.4, 0.5) is 5.69 Å². The van der Waals surface area contributed by atoms with Crippen molar-refractivity contribution in [1.82, 2.24) is 0 Å². The minimum absolute atomic E-state index is 0.118. The van der Waals surface area contributed by atoms with Gasteiger partial charge in [0.1, 0.15) is 0 Å². The van der Waals surface area contributed by atoms with Gasteiger partial charge < -0.3 is 5.32 Å². The highest BCUT2D eigenvalue weighted by Crippen LogP contribution is 2.25. The SMILES string of the molecule is O=C1Cc2cscc2N1. The van der Waals surface area contributed by atoms with E-state index in [1.807, 2.05) is 10.8 Å². The Morgan fingerprint density at radius 1 is 1.56 bits per heavy atom. The van der Waals surface area contributed by atoms with Crippen molar-refractivity contribution < 1.29 is 4.79 Å². The van der Waals surface area contributed by atoms with E-state index in [0.29, 0.717) is 6.42 Å². The van der Waals surface area contributed by atoms with Crippen molar-refractivity contribution in [2.75, 3.05) is 5.32 Å². The molecule has 1 amide bonds. The lowest BCUT2D eigenvalue weighted by Gasteiger charge is -1.85. The summed E-state index contributed by atoms with van der Waals surface area (Å²) in [5.41, 5.74) is 2.15. The van der Waals surface area contributed by atoms with Gasteiger partial charge in [0, 0.05) is 5.38 Å². The summed E-state index contributed by atoms with van der Waals surface area (Å²) >= 11 is 1.63. The third-order valence-electron chi connectivity index (χ3n) is 1.37. The van der Waals surface area contributed by atoms with E-state index in [4.69, 9.17) is 0 Å². The van der Waals surface area contributed by atoms with Gasteiger partial charge in [0.05, 0.1) is 12.1 Å². The smallest absolute Gasteiger partial charge is 0.228 e. The molecular weight excluding hydrogens is 134 g/mol. The van der Waals surface area contributed by atoms with Crippen LogP contribution in [0.25, 0.3) is 0 Å². The third-order valence-corrected chi connectivity index (χ3v) is 2.16. The minimum Gasteiger partial charge on any atom is -0.325 e. The van der Waals surface area contributed by atoms with E-state index in [0.717, 1.165) is 11.3 Å². The van der Waals surface area contributed by atoms with Crippen LogP contribution in [0.1, 0.15) is 5.56 Å². The second-order valence-corrected chi connectivity index (χ2v) is 2.78. The maximum atomic E-state index is 10.7. The Morgan fingerprint density at radius 2 is 2.44 bits per heavy atom. The first-order valence-corrected chi connectivity index (χ1v) is 3.65. The number of thiophene rings is 1. The number of nitrogens with one attached hydrogen (secondary N) is 1. The number of hydrogen-bond donors (Lipinski definition) is 1. The van der Waals surface area contributed by atoms with Gasteiger partial charge in [-0.25, -0.2) is 0 Å². The molecule has 2 rings (SSSR count). The molecule has 1 aromatic heterocycles. The molecule has 0 fully saturated rings. The van der Waals surface area contributed by atoms with Gasteiger partial charge in [-0.3, -0.25) is 4.79 Å². The van der Waals surface area contributed by atoms with Crippen molar-refractivity contribution in [2.45, 2.75) is 6.42 Å². The summed E-state index contributed by atoms with van der Waals surface area (Å²) in [5, 5.41) is 6.71. The van der Waals surface area contributed by atoms with Crippen LogP contribution in [0.15, 0.2) is 10.8 Å². The normalized spacial score (nSPS) is 15.3. The van der Waals surface area contributed by atoms with Crippen LogP contribution in [-0.4, -0.2) is 5.91 Å². The van der Waals surface area contributed by atoms with Crippen LogP contribution in [0.2, 0.25) is 0 Å². The summed E-state index contributed by atoms with van der Waals surface area (Å²) in [7, 11) is 0. The first-order chi connectivity index (χ1) is 4.36. The Balaban J connectivity index is 2.49. The van der Waals surface area contributed by atoms with Gasteiger partial charge in [-0.1, -0.05) is 0 Å². The van der Waals surface area contributed by atoms with Crippen molar-refractivity contribution in [3.8, 4) is 0 Å². The van der Waals surface area contributed by atoms with Gasteiger partial charge in [-0.15, -0.1) is 11.3 Å². The third kappa shape index (κ3) is 0.650. The Bertz CT molecular complexity index is 231. The number of hydrogen-bond acceptors (Lipinski definition) is 2. The molecule has 9 heavy (non-hydrogen) atoms. The van der Waals surface area contributed by atoms with Crippen LogP contribution >= 0.6 is 11.3 Å². The molecule has 1 aliphatic rings. The molecule has 0 aromatic carbocycles. The Labute approximate surface area is 56.5 Å². The Hall–Kier alpha value is -0.830. The fraction of sp³-hybridized carbons (Fsp3) is 0.167. The number of rotatable bonds is 0. The fourth-order valence-corrected chi connectivity index (χ4v) is 1.73. The second-order valence-electron chi connectivity index (χ2n) is 2.04. The quantitative estimate of drug-likeness (QED) is 0.575. The summed E-state index contributed by atoms with van der Waals surface area (Å²) in [6, 6.07) is 0. The lowest BCUT2D eigenvalue weighted by molar-refractivity contribution is -0.115. The van der Waals surface area contributed by atoms with Crippen LogP contribution in [-0.2, 0) is 11.2 Å². The average molecular weight is 139 g/mol. The Kier molecular flexibility index (Phi) is 0.873. The molecule has 1 N–H and O–H groups in total. The maximum absolute atomic E-state index is 10.7. The molecule has 0 bridgehead atoms. The largest absolute Gasteiger partial charge is 0.325 e. The van der Waals surface area contributed by atoms with Crippen molar-refractivity contribution in [1.29, 1.82) is 0 Å². The number of anilines is 1. The van der Waals surface area contributed by atoms with Crippen molar-refractivity contribution in [3.05, 3.63) is 16.3 Å². The van der Waals surface area contributed by atoms with E-state index >= 15 is 0 Å². The first-order valence-electron chi connectivity index (χ1n) is 2.71. The minimum atomic E-state index is 0.118. The monoisotopic (exact) mass is 139 g/mol. The summed E-state index contributed by atoms with van der Waals surface area (Å²) in [6.45, 7) is 0. The highest BCUT2D eigenvalue weighted by Gasteiger charge is 2.16. The predicted octanol–water partition coefficient (Wildman–Crippen LogP) is 1.24. The van der Waals surface area contributed by atoms with E-state index < -0.39 is 0 Å². The van der Waals surface area contributed by atoms with E-state index in [1.165, 1.54) is 0 Å². The van der Waals surface area contributed by atoms with Crippen LogP contribution in [0, 0.1) is 0 Å². The molecule has 3 heteroatoms. The summed E-state index contributed by atoms with van der Waals surface area (Å²) in [6.07, 6.45) is 0.568. The highest BCUT2D eigenvalue weighted by molar-refractivity contribution is 7.08. The highest BCUT2D eigenvalue weighted by atomic mass is 32.1. The van der Waals surface area contributed by atoms with E-state index in [2.05, 4.69) is 5.32 Å². The maximum Gasteiger partial charge on any atom is 0.228 e. The van der Waals surface area contributed by atoms with Crippen molar-refractivity contribution in [3.63, 3.8) is 0 Å². The van der Waals surface area contributed by atoms with Gasteiger partial charge in [-0.05, 0) is 10.9 Å².